The second-order valence-electron chi connectivity index (χ2n) is 4.26. The summed E-state index contributed by atoms with van der Waals surface area (Å²) in [6, 6.07) is 4.39. The van der Waals surface area contributed by atoms with Crippen molar-refractivity contribution in [2.24, 2.45) is 4.99 Å². The standard InChI is InChI=1S/C13H14N2O4/c16-8-15-12-6-9(13(17)18)3-4-11(12)14-7-10-2-1-5-19-10/h3-4,6,10,14H,1-2,5,7H2,(H,17,18). The lowest BCUT2D eigenvalue weighted by atomic mass is 10.1. The Hall–Kier alpha value is -2.17. The third-order valence-electron chi connectivity index (χ3n) is 2.95. The predicted octanol–water partition coefficient (Wildman–Crippen LogP) is 1.94. The smallest absolute Gasteiger partial charge is 0.335 e. The summed E-state index contributed by atoms with van der Waals surface area (Å²) in [4.78, 5) is 24.8. The van der Waals surface area contributed by atoms with E-state index in [1.807, 2.05) is 0 Å². The van der Waals surface area contributed by atoms with Crippen LogP contribution in [0.3, 0.4) is 0 Å². The van der Waals surface area contributed by atoms with E-state index in [-0.39, 0.29) is 17.4 Å². The number of anilines is 1. The number of aromatic carboxylic acids is 1. The van der Waals surface area contributed by atoms with E-state index in [4.69, 9.17) is 9.84 Å². The fourth-order valence-electron chi connectivity index (χ4n) is 1.98. The highest BCUT2D eigenvalue weighted by Gasteiger charge is 2.16. The van der Waals surface area contributed by atoms with Gasteiger partial charge in [-0.1, -0.05) is 0 Å². The molecule has 0 amide bonds. The summed E-state index contributed by atoms with van der Waals surface area (Å²) >= 11 is 0. The van der Waals surface area contributed by atoms with E-state index in [0.717, 1.165) is 19.4 Å². The molecule has 1 aromatic carbocycles. The summed E-state index contributed by atoms with van der Waals surface area (Å²) in [7, 11) is 0. The van der Waals surface area contributed by atoms with Crippen molar-refractivity contribution in [3.63, 3.8) is 0 Å². The zero-order valence-electron chi connectivity index (χ0n) is 10.3. The van der Waals surface area contributed by atoms with E-state index in [1.165, 1.54) is 18.2 Å². The van der Waals surface area contributed by atoms with E-state index < -0.39 is 5.97 Å². The first-order valence-corrected chi connectivity index (χ1v) is 6.01. The molecule has 1 aliphatic heterocycles. The zero-order chi connectivity index (χ0) is 13.7. The van der Waals surface area contributed by atoms with E-state index in [9.17, 15) is 9.59 Å². The molecule has 19 heavy (non-hydrogen) atoms. The van der Waals surface area contributed by atoms with Gasteiger partial charge in [-0.25, -0.2) is 9.59 Å². The van der Waals surface area contributed by atoms with Crippen molar-refractivity contribution < 1.29 is 19.4 Å². The molecule has 0 bridgehead atoms. The minimum atomic E-state index is -1.06. The minimum absolute atomic E-state index is 0.0802. The highest BCUT2D eigenvalue weighted by atomic mass is 16.5. The van der Waals surface area contributed by atoms with E-state index >= 15 is 0 Å². The van der Waals surface area contributed by atoms with Gasteiger partial charge >= 0.3 is 5.97 Å². The van der Waals surface area contributed by atoms with Crippen LogP contribution < -0.4 is 5.32 Å². The van der Waals surface area contributed by atoms with Gasteiger partial charge in [-0.2, -0.15) is 4.99 Å². The molecule has 1 aliphatic rings. The number of nitrogens with zero attached hydrogens (tertiary/aromatic N) is 1. The Labute approximate surface area is 110 Å². The summed E-state index contributed by atoms with van der Waals surface area (Å²) < 4.78 is 5.47. The van der Waals surface area contributed by atoms with Gasteiger partial charge in [0.05, 0.1) is 17.4 Å². The maximum atomic E-state index is 10.9. The van der Waals surface area contributed by atoms with Gasteiger partial charge in [0.2, 0.25) is 6.08 Å². The highest BCUT2D eigenvalue weighted by molar-refractivity contribution is 5.90. The Bertz CT molecular complexity index is 517. The molecule has 6 heteroatoms. The van der Waals surface area contributed by atoms with Crippen LogP contribution in [-0.2, 0) is 9.53 Å². The molecule has 1 atom stereocenters. The third-order valence-corrected chi connectivity index (χ3v) is 2.95. The Balaban J connectivity index is 2.13. The van der Waals surface area contributed by atoms with Crippen LogP contribution >= 0.6 is 0 Å². The molecule has 2 rings (SSSR count). The SMILES string of the molecule is O=C=Nc1cc(C(=O)O)ccc1NCC1CCCO1. The van der Waals surface area contributed by atoms with Crippen LogP contribution in [0.25, 0.3) is 0 Å². The molecule has 100 valence electrons. The first kappa shape index (κ1) is 13.3. The molecule has 1 heterocycles. The number of carbonyl (C=O) groups excluding carboxylic acids is 1. The number of nitrogens with one attached hydrogen (secondary N) is 1. The van der Waals surface area contributed by atoms with Gasteiger partial charge in [0.25, 0.3) is 0 Å². The molecule has 1 aromatic rings. The number of carboxylic acids is 1. The summed E-state index contributed by atoms with van der Waals surface area (Å²) in [6.45, 7) is 1.37. The van der Waals surface area contributed by atoms with Crippen LogP contribution in [0.2, 0.25) is 0 Å². The third kappa shape index (κ3) is 3.40. The van der Waals surface area contributed by atoms with Crippen LogP contribution in [-0.4, -0.2) is 36.4 Å². The average Bonchev–Trinajstić information content (AvgIpc) is 2.90. The average molecular weight is 262 g/mol. The van der Waals surface area contributed by atoms with Crippen molar-refractivity contribution in [1.29, 1.82) is 0 Å². The molecule has 1 saturated heterocycles. The normalized spacial score (nSPS) is 17.8. The van der Waals surface area contributed by atoms with Crippen LogP contribution in [0.4, 0.5) is 11.4 Å². The molecular weight excluding hydrogens is 248 g/mol. The number of ether oxygens (including phenoxy) is 1. The lowest BCUT2D eigenvalue weighted by Crippen LogP contribution is -2.18. The van der Waals surface area contributed by atoms with Gasteiger partial charge in [-0.15, -0.1) is 0 Å². The van der Waals surface area contributed by atoms with Crippen molar-refractivity contribution in [3.8, 4) is 0 Å². The van der Waals surface area contributed by atoms with Crippen LogP contribution in [0.15, 0.2) is 23.2 Å². The summed E-state index contributed by atoms with van der Waals surface area (Å²) in [5.41, 5.74) is 0.952. The summed E-state index contributed by atoms with van der Waals surface area (Å²) in [5, 5.41) is 12.0. The van der Waals surface area contributed by atoms with Crippen LogP contribution in [0.5, 0.6) is 0 Å². The lowest BCUT2D eigenvalue weighted by molar-refractivity contribution is 0.0697. The van der Waals surface area contributed by atoms with Gasteiger partial charge in [0, 0.05) is 13.2 Å². The molecule has 0 aromatic heterocycles. The van der Waals surface area contributed by atoms with Crippen molar-refractivity contribution in [3.05, 3.63) is 23.8 Å². The first-order valence-electron chi connectivity index (χ1n) is 6.01. The lowest BCUT2D eigenvalue weighted by Gasteiger charge is -2.13. The maximum absolute atomic E-state index is 10.9. The highest BCUT2D eigenvalue weighted by Crippen LogP contribution is 2.26. The Morgan fingerprint density at radius 1 is 1.58 bits per heavy atom. The number of aliphatic imine (C=N–C) groups is 1. The Morgan fingerprint density at radius 2 is 2.42 bits per heavy atom. The fourth-order valence-corrected chi connectivity index (χ4v) is 1.98. The molecule has 6 nitrogen and oxygen atoms in total. The molecule has 2 N–H and O–H groups in total. The predicted molar refractivity (Wildman–Crippen MR) is 68.6 cm³/mol. The molecule has 0 aliphatic carbocycles. The zero-order valence-corrected chi connectivity index (χ0v) is 10.3. The van der Waals surface area contributed by atoms with Gasteiger partial charge in [0.15, 0.2) is 0 Å². The molecule has 0 spiro atoms. The number of rotatable bonds is 5. The molecule has 1 unspecified atom stereocenters. The monoisotopic (exact) mass is 262 g/mol. The second kappa shape index (κ2) is 6.13. The maximum Gasteiger partial charge on any atom is 0.335 e. The van der Waals surface area contributed by atoms with E-state index in [2.05, 4.69) is 10.3 Å². The van der Waals surface area contributed by atoms with Crippen LogP contribution in [0.1, 0.15) is 23.2 Å². The number of isocyanates is 1. The summed E-state index contributed by atoms with van der Waals surface area (Å²) in [6.07, 6.45) is 3.61. The molecule has 0 saturated carbocycles. The van der Waals surface area contributed by atoms with Crippen molar-refractivity contribution >= 4 is 23.4 Å². The number of hydrogen-bond donors (Lipinski definition) is 2. The minimum Gasteiger partial charge on any atom is -0.478 e. The van der Waals surface area contributed by atoms with Crippen molar-refractivity contribution in [2.45, 2.75) is 18.9 Å². The Morgan fingerprint density at radius 3 is 3.05 bits per heavy atom. The number of benzene rings is 1. The quantitative estimate of drug-likeness (QED) is 0.625. The molecular formula is C13H14N2O4. The topological polar surface area (TPSA) is 88.0 Å². The number of hydrogen-bond acceptors (Lipinski definition) is 5. The first-order chi connectivity index (χ1) is 9.20. The number of carbonyl (C=O) groups is 1. The van der Waals surface area contributed by atoms with E-state index in [0.29, 0.717) is 12.2 Å². The van der Waals surface area contributed by atoms with E-state index in [1.54, 1.807) is 6.07 Å². The second-order valence-corrected chi connectivity index (χ2v) is 4.26. The molecule has 0 radical (unpaired) electrons. The van der Waals surface area contributed by atoms with Crippen molar-refractivity contribution in [1.82, 2.24) is 0 Å². The van der Waals surface area contributed by atoms with Gasteiger partial charge in [0.1, 0.15) is 5.69 Å². The van der Waals surface area contributed by atoms with Gasteiger partial charge < -0.3 is 15.2 Å². The fraction of sp³-hybridized carbons (Fsp3) is 0.385. The van der Waals surface area contributed by atoms with Gasteiger partial charge in [-0.05, 0) is 31.0 Å². The van der Waals surface area contributed by atoms with Gasteiger partial charge in [-0.3, -0.25) is 0 Å². The van der Waals surface area contributed by atoms with Crippen LogP contribution in [0, 0.1) is 0 Å². The number of carboxylic acid groups (broad SMARTS) is 1. The Kier molecular flexibility index (Phi) is 4.28. The summed E-state index contributed by atoms with van der Waals surface area (Å²) in [5.74, 6) is -1.06. The largest absolute Gasteiger partial charge is 0.478 e. The van der Waals surface area contributed by atoms with Crippen molar-refractivity contribution in [2.75, 3.05) is 18.5 Å². The molecule has 1 fully saturated rings.